The summed E-state index contributed by atoms with van der Waals surface area (Å²) in [5.41, 5.74) is 1.87. The molecule has 1 aromatic carbocycles. The Morgan fingerprint density at radius 1 is 1.56 bits per heavy atom. The Balaban J connectivity index is 2.10. The predicted octanol–water partition coefficient (Wildman–Crippen LogP) is 3.12. The van der Waals surface area contributed by atoms with Crippen LogP contribution in [0.5, 0.6) is 0 Å². The summed E-state index contributed by atoms with van der Waals surface area (Å²) in [5, 5.41) is 0. The van der Waals surface area contributed by atoms with Gasteiger partial charge in [0.05, 0.1) is 6.61 Å². The minimum Gasteiger partial charge on any atom is -0.384 e. The first-order valence-electron chi connectivity index (χ1n) is 6.23. The van der Waals surface area contributed by atoms with Crippen molar-refractivity contribution in [1.29, 1.82) is 0 Å². The maximum absolute atomic E-state index is 10.8. The molecule has 18 heavy (non-hydrogen) atoms. The molecule has 1 heterocycles. The molecule has 0 spiro atoms. The first kappa shape index (κ1) is 13.6. The number of hydrogen-bond donors (Lipinski definition) is 0. The zero-order valence-corrected chi connectivity index (χ0v) is 12.1. The summed E-state index contributed by atoms with van der Waals surface area (Å²) in [5.74, 6) is 0.605. The largest absolute Gasteiger partial charge is 0.384 e. The van der Waals surface area contributed by atoms with Gasteiger partial charge >= 0.3 is 0 Å². The van der Waals surface area contributed by atoms with E-state index in [0.717, 1.165) is 30.5 Å². The molecule has 2 rings (SSSR count). The summed E-state index contributed by atoms with van der Waals surface area (Å²) in [6.07, 6.45) is 3.30. The van der Waals surface area contributed by atoms with Crippen LogP contribution in [0.4, 0.5) is 5.69 Å². The van der Waals surface area contributed by atoms with Gasteiger partial charge in [0.1, 0.15) is 0 Å². The van der Waals surface area contributed by atoms with E-state index in [-0.39, 0.29) is 0 Å². The fourth-order valence-electron chi connectivity index (χ4n) is 2.48. The highest BCUT2D eigenvalue weighted by Crippen LogP contribution is 2.27. The molecule has 0 aromatic heterocycles. The van der Waals surface area contributed by atoms with Crippen molar-refractivity contribution >= 4 is 27.9 Å². The molecule has 0 aliphatic carbocycles. The highest BCUT2D eigenvalue weighted by molar-refractivity contribution is 9.10. The average Bonchev–Trinajstić information content (AvgIpc) is 2.39. The van der Waals surface area contributed by atoms with E-state index in [4.69, 9.17) is 4.74 Å². The van der Waals surface area contributed by atoms with E-state index in [1.165, 1.54) is 18.5 Å². The van der Waals surface area contributed by atoms with Crippen molar-refractivity contribution < 1.29 is 9.53 Å². The third kappa shape index (κ3) is 3.12. The molecule has 1 aliphatic heterocycles. The number of hydrogen-bond acceptors (Lipinski definition) is 3. The maximum Gasteiger partial charge on any atom is 0.151 e. The van der Waals surface area contributed by atoms with Crippen LogP contribution >= 0.6 is 15.9 Å². The van der Waals surface area contributed by atoms with Gasteiger partial charge in [-0.1, -0.05) is 0 Å². The van der Waals surface area contributed by atoms with Gasteiger partial charge in [0.2, 0.25) is 0 Å². The van der Waals surface area contributed by atoms with Gasteiger partial charge in [-0.2, -0.15) is 0 Å². The molecule has 0 N–H and O–H groups in total. The monoisotopic (exact) mass is 311 g/mol. The van der Waals surface area contributed by atoms with Gasteiger partial charge in [0.25, 0.3) is 0 Å². The average molecular weight is 312 g/mol. The fraction of sp³-hybridized carbons (Fsp3) is 0.500. The molecular weight excluding hydrogens is 294 g/mol. The second-order valence-electron chi connectivity index (χ2n) is 4.73. The number of aldehydes is 1. The van der Waals surface area contributed by atoms with Gasteiger partial charge in [-0.05, 0) is 52.9 Å². The van der Waals surface area contributed by atoms with Gasteiger partial charge in [-0.25, -0.2) is 0 Å². The summed E-state index contributed by atoms with van der Waals surface area (Å²) in [6.45, 7) is 2.93. The number of halogens is 1. The van der Waals surface area contributed by atoms with Crippen molar-refractivity contribution in [2.75, 3.05) is 31.7 Å². The van der Waals surface area contributed by atoms with E-state index < -0.39 is 0 Å². The van der Waals surface area contributed by atoms with E-state index in [9.17, 15) is 4.79 Å². The van der Waals surface area contributed by atoms with E-state index in [1.807, 2.05) is 18.2 Å². The molecule has 1 aliphatic rings. The smallest absolute Gasteiger partial charge is 0.151 e. The standard InChI is InChI=1S/C14H18BrNO2/c1-18-10-11-3-2-6-16(8-11)13-5-4-12(9-17)14(15)7-13/h4-5,7,9,11H,2-3,6,8,10H2,1H3. The molecule has 0 amide bonds. The van der Waals surface area contributed by atoms with Gasteiger partial charge in [-0.15, -0.1) is 0 Å². The molecule has 1 fully saturated rings. The Morgan fingerprint density at radius 2 is 2.39 bits per heavy atom. The van der Waals surface area contributed by atoms with Crippen LogP contribution in [-0.4, -0.2) is 33.1 Å². The number of anilines is 1. The van der Waals surface area contributed by atoms with Gasteiger partial charge in [-0.3, -0.25) is 4.79 Å². The van der Waals surface area contributed by atoms with Crippen molar-refractivity contribution in [3.05, 3.63) is 28.2 Å². The summed E-state index contributed by atoms with van der Waals surface area (Å²) < 4.78 is 6.11. The topological polar surface area (TPSA) is 29.5 Å². The lowest BCUT2D eigenvalue weighted by Crippen LogP contribution is -2.37. The third-order valence-electron chi connectivity index (χ3n) is 3.40. The van der Waals surface area contributed by atoms with Crippen molar-refractivity contribution in [2.45, 2.75) is 12.8 Å². The molecule has 1 saturated heterocycles. The van der Waals surface area contributed by atoms with Gasteiger partial charge in [0, 0.05) is 35.9 Å². The van der Waals surface area contributed by atoms with Crippen molar-refractivity contribution in [3.8, 4) is 0 Å². The number of nitrogens with zero attached hydrogens (tertiary/aromatic N) is 1. The zero-order chi connectivity index (χ0) is 13.0. The molecule has 1 atom stereocenters. The molecule has 3 nitrogen and oxygen atoms in total. The lowest BCUT2D eigenvalue weighted by Gasteiger charge is -2.34. The zero-order valence-electron chi connectivity index (χ0n) is 10.6. The molecule has 0 radical (unpaired) electrons. The van der Waals surface area contributed by atoms with Crippen LogP contribution in [-0.2, 0) is 4.74 Å². The molecular formula is C14H18BrNO2. The highest BCUT2D eigenvalue weighted by atomic mass is 79.9. The molecule has 98 valence electrons. The fourth-order valence-corrected chi connectivity index (χ4v) is 2.94. The molecule has 0 saturated carbocycles. The van der Waals surface area contributed by atoms with Crippen LogP contribution in [0.3, 0.4) is 0 Å². The Kier molecular flexibility index (Phi) is 4.78. The minimum atomic E-state index is 0.605. The maximum atomic E-state index is 10.8. The predicted molar refractivity (Wildman–Crippen MR) is 76.3 cm³/mol. The lowest BCUT2D eigenvalue weighted by atomic mass is 9.98. The van der Waals surface area contributed by atoms with Gasteiger partial charge < -0.3 is 9.64 Å². The Morgan fingerprint density at radius 3 is 3.06 bits per heavy atom. The quantitative estimate of drug-likeness (QED) is 0.800. The first-order chi connectivity index (χ1) is 8.74. The summed E-state index contributed by atoms with van der Waals surface area (Å²) in [6, 6.07) is 5.91. The Hall–Kier alpha value is -0.870. The second-order valence-corrected chi connectivity index (χ2v) is 5.59. The van der Waals surface area contributed by atoms with Crippen LogP contribution in [0, 0.1) is 5.92 Å². The molecule has 0 bridgehead atoms. The summed E-state index contributed by atoms with van der Waals surface area (Å²) in [7, 11) is 1.76. The number of carbonyl (C=O) groups excluding carboxylic acids is 1. The van der Waals surface area contributed by atoms with Crippen molar-refractivity contribution in [1.82, 2.24) is 0 Å². The Labute approximate surface area is 116 Å². The van der Waals surface area contributed by atoms with E-state index in [2.05, 4.69) is 20.8 Å². The third-order valence-corrected chi connectivity index (χ3v) is 4.08. The molecule has 1 unspecified atom stereocenters. The van der Waals surface area contributed by atoms with E-state index >= 15 is 0 Å². The van der Waals surface area contributed by atoms with Gasteiger partial charge in [0.15, 0.2) is 6.29 Å². The Bertz CT molecular complexity index is 420. The van der Waals surface area contributed by atoms with Crippen molar-refractivity contribution in [2.24, 2.45) is 5.92 Å². The summed E-state index contributed by atoms with van der Waals surface area (Å²) >= 11 is 3.44. The highest BCUT2D eigenvalue weighted by Gasteiger charge is 2.20. The van der Waals surface area contributed by atoms with Crippen molar-refractivity contribution in [3.63, 3.8) is 0 Å². The summed E-state index contributed by atoms with van der Waals surface area (Å²) in [4.78, 5) is 13.2. The SMILES string of the molecule is COCC1CCCN(c2ccc(C=O)c(Br)c2)C1. The van der Waals surface area contributed by atoms with Crippen LogP contribution in [0.1, 0.15) is 23.2 Å². The number of rotatable bonds is 4. The van der Waals surface area contributed by atoms with E-state index in [0.29, 0.717) is 11.5 Å². The lowest BCUT2D eigenvalue weighted by molar-refractivity contribution is 0.112. The van der Waals surface area contributed by atoms with Crippen LogP contribution < -0.4 is 4.90 Å². The van der Waals surface area contributed by atoms with Crippen LogP contribution in [0.15, 0.2) is 22.7 Å². The number of benzene rings is 1. The minimum absolute atomic E-state index is 0.605. The number of methoxy groups -OCH3 is 1. The number of ether oxygens (including phenoxy) is 1. The van der Waals surface area contributed by atoms with Crippen LogP contribution in [0.25, 0.3) is 0 Å². The van der Waals surface area contributed by atoms with Crippen LogP contribution in [0.2, 0.25) is 0 Å². The molecule has 4 heteroatoms. The normalized spacial score (nSPS) is 19.9. The first-order valence-corrected chi connectivity index (χ1v) is 7.02. The number of carbonyl (C=O) groups is 1. The van der Waals surface area contributed by atoms with E-state index in [1.54, 1.807) is 7.11 Å². The number of piperidine rings is 1. The second kappa shape index (κ2) is 6.34. The molecule has 1 aromatic rings.